The first kappa shape index (κ1) is 18.9. The fourth-order valence-corrected chi connectivity index (χ4v) is 5.00. The number of benzene rings is 2. The molecule has 1 aromatic heterocycles. The Kier molecular flexibility index (Phi) is 5.31. The molecule has 4 nitrogen and oxygen atoms in total. The Hall–Kier alpha value is -2.47. The van der Waals surface area contributed by atoms with Crippen molar-refractivity contribution in [3.63, 3.8) is 0 Å². The molecule has 0 aliphatic carbocycles. The fourth-order valence-electron chi connectivity index (χ4n) is 3.81. The van der Waals surface area contributed by atoms with Gasteiger partial charge in [-0.1, -0.05) is 29.5 Å². The van der Waals surface area contributed by atoms with E-state index in [9.17, 15) is 9.18 Å². The van der Waals surface area contributed by atoms with Crippen molar-refractivity contribution in [3.05, 3.63) is 58.9 Å². The number of aromatic nitrogens is 1. The van der Waals surface area contributed by atoms with E-state index < -0.39 is 0 Å². The molecule has 0 radical (unpaired) electrons. The number of nitrogens with one attached hydrogen (secondary N) is 1. The van der Waals surface area contributed by atoms with E-state index in [4.69, 9.17) is 4.98 Å². The smallest absolute Gasteiger partial charge is 0.223 e. The molecule has 1 fully saturated rings. The number of carbonyl (C=O) groups excluding carboxylic acids is 1. The quantitative estimate of drug-likeness (QED) is 0.701. The van der Waals surface area contributed by atoms with Crippen LogP contribution in [0.3, 0.4) is 0 Å². The van der Waals surface area contributed by atoms with E-state index in [1.807, 2.05) is 6.07 Å². The van der Waals surface area contributed by atoms with Crippen molar-refractivity contribution < 1.29 is 9.18 Å². The molecule has 4 rings (SSSR count). The van der Waals surface area contributed by atoms with Crippen molar-refractivity contribution in [2.45, 2.75) is 33.2 Å². The van der Waals surface area contributed by atoms with Crippen molar-refractivity contribution >= 4 is 32.6 Å². The van der Waals surface area contributed by atoms with Crippen LogP contribution >= 0.6 is 11.3 Å². The molecule has 0 saturated carbocycles. The van der Waals surface area contributed by atoms with Crippen molar-refractivity contribution in [1.29, 1.82) is 0 Å². The number of amides is 1. The first-order valence-electron chi connectivity index (χ1n) is 9.64. The van der Waals surface area contributed by atoms with E-state index in [-0.39, 0.29) is 17.6 Å². The third-order valence-electron chi connectivity index (χ3n) is 5.31. The normalized spacial score (nSPS) is 15.2. The summed E-state index contributed by atoms with van der Waals surface area (Å²) in [5, 5.41) is 3.99. The highest BCUT2D eigenvalue weighted by Gasteiger charge is 2.26. The van der Waals surface area contributed by atoms with Gasteiger partial charge in [-0.2, -0.15) is 0 Å². The lowest BCUT2D eigenvalue weighted by Gasteiger charge is -2.31. The number of thiazole rings is 1. The second kappa shape index (κ2) is 7.87. The Morgan fingerprint density at radius 2 is 2.04 bits per heavy atom. The van der Waals surface area contributed by atoms with E-state index >= 15 is 0 Å². The minimum absolute atomic E-state index is 0.00293. The van der Waals surface area contributed by atoms with Crippen molar-refractivity contribution in [2.24, 2.45) is 5.92 Å². The molecule has 1 N–H and O–H groups in total. The van der Waals surface area contributed by atoms with Gasteiger partial charge in [0.15, 0.2) is 5.13 Å². The van der Waals surface area contributed by atoms with Gasteiger partial charge in [0.05, 0.1) is 10.2 Å². The SMILES string of the molecule is Cc1cc(C)c2nc(N3CCC(C(=O)NCc4cccc(F)c4)CC3)sc2c1. The summed E-state index contributed by atoms with van der Waals surface area (Å²) in [6.07, 6.45) is 1.62. The Bertz CT molecular complexity index is 1010. The molecule has 1 saturated heterocycles. The average molecular weight is 398 g/mol. The maximum Gasteiger partial charge on any atom is 0.223 e. The van der Waals surface area contributed by atoms with Crippen molar-refractivity contribution in [3.8, 4) is 0 Å². The summed E-state index contributed by atoms with van der Waals surface area (Å²) in [5.74, 6) is -0.218. The highest BCUT2D eigenvalue weighted by Crippen LogP contribution is 2.33. The van der Waals surface area contributed by atoms with Gasteiger partial charge in [-0.15, -0.1) is 0 Å². The second-order valence-electron chi connectivity index (χ2n) is 7.53. The minimum atomic E-state index is -0.277. The number of nitrogens with zero attached hydrogens (tertiary/aromatic N) is 2. The van der Waals surface area contributed by atoms with Gasteiger partial charge in [-0.25, -0.2) is 9.37 Å². The van der Waals surface area contributed by atoms with Crippen LogP contribution in [0, 0.1) is 25.6 Å². The molecule has 1 aliphatic rings. The molecule has 0 unspecified atom stereocenters. The first-order chi connectivity index (χ1) is 13.5. The number of halogens is 1. The Balaban J connectivity index is 1.35. The van der Waals surface area contributed by atoms with Crippen LogP contribution in [0.25, 0.3) is 10.2 Å². The number of rotatable bonds is 4. The van der Waals surface area contributed by atoms with Gasteiger partial charge in [-0.3, -0.25) is 4.79 Å². The van der Waals surface area contributed by atoms with Gasteiger partial charge in [0, 0.05) is 25.6 Å². The Labute approximate surface area is 168 Å². The van der Waals surface area contributed by atoms with Crippen LogP contribution in [0.2, 0.25) is 0 Å². The zero-order valence-corrected chi connectivity index (χ0v) is 17.0. The number of hydrogen-bond acceptors (Lipinski definition) is 4. The zero-order chi connectivity index (χ0) is 19.7. The molecule has 146 valence electrons. The zero-order valence-electron chi connectivity index (χ0n) is 16.2. The summed E-state index contributed by atoms with van der Waals surface area (Å²) in [7, 11) is 0. The topological polar surface area (TPSA) is 45.2 Å². The third kappa shape index (κ3) is 4.02. The van der Waals surface area contributed by atoms with Crippen molar-refractivity contribution in [2.75, 3.05) is 18.0 Å². The number of fused-ring (bicyclic) bond motifs is 1. The maximum atomic E-state index is 13.3. The van der Waals surface area contributed by atoms with Gasteiger partial charge >= 0.3 is 0 Å². The highest BCUT2D eigenvalue weighted by atomic mass is 32.1. The van der Waals surface area contributed by atoms with E-state index in [0.717, 1.165) is 42.1 Å². The molecule has 28 heavy (non-hydrogen) atoms. The molecule has 1 amide bonds. The molecule has 2 heterocycles. The summed E-state index contributed by atoms with van der Waals surface area (Å²) in [4.78, 5) is 19.6. The van der Waals surface area contributed by atoms with Gasteiger partial charge in [-0.05, 0) is 61.6 Å². The van der Waals surface area contributed by atoms with E-state index in [0.29, 0.717) is 6.54 Å². The summed E-state index contributed by atoms with van der Waals surface area (Å²) in [6.45, 7) is 6.24. The maximum absolute atomic E-state index is 13.3. The molecular weight excluding hydrogens is 373 g/mol. The number of aryl methyl sites for hydroxylation is 2. The molecule has 6 heteroatoms. The summed E-state index contributed by atoms with van der Waals surface area (Å²) >= 11 is 1.73. The lowest BCUT2D eigenvalue weighted by Crippen LogP contribution is -2.40. The standard InChI is InChI=1S/C22H24FN3OS/c1-14-10-15(2)20-19(11-14)28-22(25-20)26-8-6-17(7-9-26)21(27)24-13-16-4-3-5-18(23)12-16/h3-5,10-12,17H,6-9,13H2,1-2H3,(H,24,27). The average Bonchev–Trinajstić information content (AvgIpc) is 3.11. The minimum Gasteiger partial charge on any atom is -0.352 e. The van der Waals surface area contributed by atoms with Gasteiger partial charge in [0.2, 0.25) is 5.91 Å². The predicted molar refractivity (Wildman–Crippen MR) is 112 cm³/mol. The summed E-state index contributed by atoms with van der Waals surface area (Å²) < 4.78 is 14.5. The number of carbonyl (C=O) groups is 1. The second-order valence-corrected chi connectivity index (χ2v) is 8.54. The third-order valence-corrected chi connectivity index (χ3v) is 6.37. The van der Waals surface area contributed by atoms with Crippen LogP contribution in [0.4, 0.5) is 9.52 Å². The molecule has 0 bridgehead atoms. The largest absolute Gasteiger partial charge is 0.352 e. The number of anilines is 1. The van der Waals surface area contributed by atoms with Gasteiger partial charge < -0.3 is 10.2 Å². The molecule has 0 spiro atoms. The fraction of sp³-hybridized carbons (Fsp3) is 0.364. The van der Waals surface area contributed by atoms with Crippen LogP contribution < -0.4 is 10.2 Å². The Morgan fingerprint density at radius 3 is 2.79 bits per heavy atom. The number of piperidine rings is 1. The van der Waals surface area contributed by atoms with Gasteiger partial charge in [0.1, 0.15) is 5.82 Å². The van der Waals surface area contributed by atoms with Gasteiger partial charge in [0.25, 0.3) is 0 Å². The molecule has 2 aromatic carbocycles. The first-order valence-corrected chi connectivity index (χ1v) is 10.5. The Morgan fingerprint density at radius 1 is 1.25 bits per heavy atom. The monoisotopic (exact) mass is 397 g/mol. The van der Waals surface area contributed by atoms with Crippen LogP contribution in [-0.2, 0) is 11.3 Å². The predicted octanol–water partition coefficient (Wildman–Crippen LogP) is 4.59. The summed E-state index contributed by atoms with van der Waals surface area (Å²) in [5.41, 5.74) is 4.34. The van der Waals surface area contributed by atoms with E-state index in [1.54, 1.807) is 17.4 Å². The highest BCUT2D eigenvalue weighted by molar-refractivity contribution is 7.22. The molecular formula is C22H24FN3OS. The molecule has 1 aliphatic heterocycles. The van der Waals surface area contributed by atoms with E-state index in [2.05, 4.69) is 36.2 Å². The molecule has 0 atom stereocenters. The molecule has 3 aromatic rings. The lowest BCUT2D eigenvalue weighted by atomic mass is 9.96. The van der Waals surface area contributed by atoms with Crippen molar-refractivity contribution in [1.82, 2.24) is 10.3 Å². The van der Waals surface area contributed by atoms with Crippen LogP contribution in [0.1, 0.15) is 29.5 Å². The number of hydrogen-bond donors (Lipinski definition) is 1. The van der Waals surface area contributed by atoms with E-state index in [1.165, 1.54) is 28.0 Å². The van der Waals surface area contributed by atoms with Crippen LogP contribution in [0.5, 0.6) is 0 Å². The lowest BCUT2D eigenvalue weighted by molar-refractivity contribution is -0.125. The van der Waals surface area contributed by atoms with Crippen LogP contribution in [-0.4, -0.2) is 24.0 Å². The van der Waals surface area contributed by atoms with Crippen LogP contribution in [0.15, 0.2) is 36.4 Å². The summed E-state index contributed by atoms with van der Waals surface area (Å²) in [6, 6.07) is 10.7.